The van der Waals surface area contributed by atoms with Crippen LogP contribution in [0.5, 0.6) is 5.75 Å². The summed E-state index contributed by atoms with van der Waals surface area (Å²) in [7, 11) is 0. The first-order valence-electron chi connectivity index (χ1n) is 5.08. The molecule has 86 valence electrons. The molecule has 0 unspecified atom stereocenters. The van der Waals surface area contributed by atoms with Crippen LogP contribution < -0.4 is 10.5 Å². The van der Waals surface area contributed by atoms with Crippen molar-refractivity contribution in [3.63, 3.8) is 0 Å². The third-order valence-corrected chi connectivity index (χ3v) is 2.13. The van der Waals surface area contributed by atoms with Crippen LogP contribution in [0.15, 0.2) is 24.3 Å². The standard InChI is InChI=1S/C12H19NO.ClH/c1-4-9-12(2,3)14-11-7-5-10(13)6-8-11;/h5-8H,4,9,13H2,1-3H3;1H. The normalized spacial score (nSPS) is 10.6. The minimum absolute atomic E-state index is 0. The van der Waals surface area contributed by atoms with Crippen molar-refractivity contribution in [1.29, 1.82) is 0 Å². The topological polar surface area (TPSA) is 35.2 Å². The first kappa shape index (κ1) is 14.1. The molecule has 2 nitrogen and oxygen atoms in total. The maximum atomic E-state index is 5.84. The number of benzene rings is 1. The molecule has 0 saturated carbocycles. The van der Waals surface area contributed by atoms with Gasteiger partial charge in [-0.2, -0.15) is 0 Å². The van der Waals surface area contributed by atoms with E-state index < -0.39 is 0 Å². The van der Waals surface area contributed by atoms with Gasteiger partial charge in [0.25, 0.3) is 0 Å². The third-order valence-electron chi connectivity index (χ3n) is 2.13. The van der Waals surface area contributed by atoms with E-state index in [1.54, 1.807) is 0 Å². The molecule has 0 fully saturated rings. The van der Waals surface area contributed by atoms with Crippen LogP contribution >= 0.6 is 12.4 Å². The van der Waals surface area contributed by atoms with Crippen LogP contribution in [0.25, 0.3) is 0 Å². The number of nitrogens with two attached hydrogens (primary N) is 1. The summed E-state index contributed by atoms with van der Waals surface area (Å²) < 4.78 is 5.84. The van der Waals surface area contributed by atoms with Crippen molar-refractivity contribution in [1.82, 2.24) is 0 Å². The van der Waals surface area contributed by atoms with Gasteiger partial charge in [-0.1, -0.05) is 13.3 Å². The molecule has 15 heavy (non-hydrogen) atoms. The lowest BCUT2D eigenvalue weighted by atomic mass is 10.0. The Kier molecular flexibility index (Phi) is 5.51. The first-order chi connectivity index (χ1) is 6.53. The number of ether oxygens (including phenoxy) is 1. The Morgan fingerprint density at radius 1 is 1.20 bits per heavy atom. The molecule has 0 saturated heterocycles. The van der Waals surface area contributed by atoms with E-state index in [1.165, 1.54) is 0 Å². The maximum absolute atomic E-state index is 5.84. The molecule has 1 aromatic rings. The lowest BCUT2D eigenvalue weighted by Crippen LogP contribution is -2.27. The van der Waals surface area contributed by atoms with Crippen LogP contribution in [0, 0.1) is 0 Å². The average Bonchev–Trinajstić information content (AvgIpc) is 2.08. The second-order valence-electron chi connectivity index (χ2n) is 4.18. The van der Waals surface area contributed by atoms with Crippen molar-refractivity contribution in [2.75, 3.05) is 5.73 Å². The zero-order chi connectivity index (χ0) is 10.6. The average molecular weight is 230 g/mol. The quantitative estimate of drug-likeness (QED) is 0.800. The molecule has 0 aliphatic heterocycles. The van der Waals surface area contributed by atoms with Crippen molar-refractivity contribution in [2.24, 2.45) is 0 Å². The van der Waals surface area contributed by atoms with E-state index in [-0.39, 0.29) is 18.0 Å². The van der Waals surface area contributed by atoms with Gasteiger partial charge in [-0.15, -0.1) is 12.4 Å². The van der Waals surface area contributed by atoms with Crippen molar-refractivity contribution in [2.45, 2.75) is 39.2 Å². The van der Waals surface area contributed by atoms with Gasteiger partial charge in [-0.05, 0) is 44.5 Å². The highest BCUT2D eigenvalue weighted by Crippen LogP contribution is 2.22. The van der Waals surface area contributed by atoms with E-state index in [4.69, 9.17) is 10.5 Å². The molecule has 0 radical (unpaired) electrons. The summed E-state index contributed by atoms with van der Waals surface area (Å²) in [6.07, 6.45) is 2.18. The number of rotatable bonds is 4. The van der Waals surface area contributed by atoms with Gasteiger partial charge in [0, 0.05) is 5.69 Å². The highest BCUT2D eigenvalue weighted by atomic mass is 35.5. The number of halogens is 1. The molecular formula is C12H20ClNO. The largest absolute Gasteiger partial charge is 0.488 e. The summed E-state index contributed by atoms with van der Waals surface area (Å²) >= 11 is 0. The van der Waals surface area contributed by atoms with Crippen molar-refractivity contribution >= 4 is 18.1 Å². The predicted molar refractivity (Wildman–Crippen MR) is 67.7 cm³/mol. The summed E-state index contributed by atoms with van der Waals surface area (Å²) in [6, 6.07) is 7.54. The molecule has 0 heterocycles. The van der Waals surface area contributed by atoms with E-state index >= 15 is 0 Å². The highest BCUT2D eigenvalue weighted by molar-refractivity contribution is 5.85. The monoisotopic (exact) mass is 229 g/mol. The molecule has 0 amide bonds. The summed E-state index contributed by atoms with van der Waals surface area (Å²) in [5.41, 5.74) is 6.27. The smallest absolute Gasteiger partial charge is 0.120 e. The number of anilines is 1. The van der Waals surface area contributed by atoms with E-state index in [9.17, 15) is 0 Å². The second kappa shape index (κ2) is 5.86. The van der Waals surface area contributed by atoms with E-state index in [2.05, 4.69) is 20.8 Å². The maximum Gasteiger partial charge on any atom is 0.120 e. The Labute approximate surface area is 98.2 Å². The second-order valence-corrected chi connectivity index (χ2v) is 4.18. The van der Waals surface area contributed by atoms with Crippen molar-refractivity contribution < 1.29 is 4.74 Å². The van der Waals surface area contributed by atoms with Crippen LogP contribution in [0.4, 0.5) is 5.69 Å². The zero-order valence-corrected chi connectivity index (χ0v) is 10.4. The van der Waals surface area contributed by atoms with Gasteiger partial charge in [-0.25, -0.2) is 0 Å². The fourth-order valence-electron chi connectivity index (χ4n) is 1.51. The molecule has 0 spiro atoms. The predicted octanol–water partition coefficient (Wildman–Crippen LogP) is 3.65. The minimum Gasteiger partial charge on any atom is -0.488 e. The fourth-order valence-corrected chi connectivity index (χ4v) is 1.51. The molecule has 0 aliphatic carbocycles. The van der Waals surface area contributed by atoms with Crippen LogP contribution in [0.2, 0.25) is 0 Å². The van der Waals surface area contributed by atoms with Crippen molar-refractivity contribution in [3.8, 4) is 5.75 Å². The van der Waals surface area contributed by atoms with Crippen LogP contribution in [0.1, 0.15) is 33.6 Å². The summed E-state index contributed by atoms with van der Waals surface area (Å²) in [5.74, 6) is 0.887. The molecule has 0 bridgehead atoms. The number of hydrogen-bond acceptors (Lipinski definition) is 2. The van der Waals surface area contributed by atoms with Gasteiger partial charge in [0.1, 0.15) is 11.4 Å². The Hall–Kier alpha value is -0.890. The van der Waals surface area contributed by atoms with Crippen LogP contribution in [0.3, 0.4) is 0 Å². The molecule has 1 aromatic carbocycles. The van der Waals surface area contributed by atoms with E-state index in [0.717, 1.165) is 24.3 Å². The molecular weight excluding hydrogens is 210 g/mol. The zero-order valence-electron chi connectivity index (χ0n) is 9.62. The lowest BCUT2D eigenvalue weighted by Gasteiger charge is -2.26. The van der Waals surface area contributed by atoms with Gasteiger partial charge in [0.2, 0.25) is 0 Å². The van der Waals surface area contributed by atoms with Gasteiger partial charge < -0.3 is 10.5 Å². The third kappa shape index (κ3) is 4.93. The molecule has 3 heteroatoms. The molecule has 1 rings (SSSR count). The number of nitrogen functional groups attached to an aromatic ring is 1. The highest BCUT2D eigenvalue weighted by Gasteiger charge is 2.17. The van der Waals surface area contributed by atoms with E-state index in [0.29, 0.717) is 0 Å². The Balaban J connectivity index is 0.00000196. The van der Waals surface area contributed by atoms with Gasteiger partial charge in [-0.3, -0.25) is 0 Å². The lowest BCUT2D eigenvalue weighted by molar-refractivity contribution is 0.0986. The fraction of sp³-hybridized carbons (Fsp3) is 0.500. The van der Waals surface area contributed by atoms with Crippen LogP contribution in [-0.2, 0) is 0 Å². The molecule has 0 atom stereocenters. The van der Waals surface area contributed by atoms with Gasteiger partial charge >= 0.3 is 0 Å². The SMILES string of the molecule is CCCC(C)(C)Oc1ccc(N)cc1.Cl. The molecule has 0 aliphatic rings. The van der Waals surface area contributed by atoms with E-state index in [1.807, 2.05) is 24.3 Å². The van der Waals surface area contributed by atoms with Crippen LogP contribution in [-0.4, -0.2) is 5.60 Å². The summed E-state index contributed by atoms with van der Waals surface area (Å²) in [6.45, 7) is 6.37. The minimum atomic E-state index is -0.0924. The van der Waals surface area contributed by atoms with Gasteiger partial charge in [0.15, 0.2) is 0 Å². The number of hydrogen-bond donors (Lipinski definition) is 1. The Morgan fingerprint density at radius 3 is 2.20 bits per heavy atom. The first-order valence-corrected chi connectivity index (χ1v) is 5.08. The van der Waals surface area contributed by atoms with Crippen molar-refractivity contribution in [3.05, 3.63) is 24.3 Å². The molecule has 0 aromatic heterocycles. The summed E-state index contributed by atoms with van der Waals surface area (Å²) in [4.78, 5) is 0. The Bertz CT molecular complexity index is 282. The Morgan fingerprint density at radius 2 is 1.73 bits per heavy atom. The summed E-state index contributed by atoms with van der Waals surface area (Å²) in [5, 5.41) is 0. The molecule has 2 N–H and O–H groups in total. The van der Waals surface area contributed by atoms with Gasteiger partial charge in [0.05, 0.1) is 0 Å².